The maximum Gasteiger partial charge on any atom is 0.314 e. The van der Waals surface area contributed by atoms with Crippen LogP contribution in [-0.2, 0) is 9.59 Å². The van der Waals surface area contributed by atoms with Crippen molar-refractivity contribution in [3.8, 4) is 0 Å². The standard InChI is InChI=1S/C44H78O4/c1-3-5-7-9-11-13-15-17-19-21-23-25-27-29-31-33-36-40-37-35-39-44(43(47)48,41(40)42(45)46)38-34-32-30-28-26-24-22-20-18-16-14-12-10-8-6-4-2/h17-20,35,39-41H,3-16,21-34,36-38H2,1-2H3,(H,45,46)(H,47,48). The number of unbranched alkanes of at least 4 members (excludes halogenated alkanes) is 24. The van der Waals surface area contributed by atoms with E-state index in [0.29, 0.717) is 12.8 Å². The molecule has 1 rings (SSSR count). The van der Waals surface area contributed by atoms with Gasteiger partial charge in [-0.1, -0.05) is 179 Å². The molecule has 0 saturated heterocycles. The van der Waals surface area contributed by atoms with Crippen LogP contribution in [0.1, 0.15) is 213 Å². The van der Waals surface area contributed by atoms with Crippen molar-refractivity contribution in [1.82, 2.24) is 0 Å². The Kier molecular flexibility index (Phi) is 28.7. The topological polar surface area (TPSA) is 74.6 Å². The van der Waals surface area contributed by atoms with Gasteiger partial charge in [0.25, 0.3) is 0 Å². The molecule has 0 aromatic heterocycles. The summed E-state index contributed by atoms with van der Waals surface area (Å²) in [6, 6.07) is 0. The van der Waals surface area contributed by atoms with Gasteiger partial charge in [0.05, 0.1) is 11.3 Å². The zero-order valence-corrected chi connectivity index (χ0v) is 31.8. The second-order valence-corrected chi connectivity index (χ2v) is 15.0. The lowest BCUT2D eigenvalue weighted by Gasteiger charge is -2.40. The van der Waals surface area contributed by atoms with Crippen LogP contribution in [0, 0.1) is 17.3 Å². The summed E-state index contributed by atoms with van der Waals surface area (Å²) >= 11 is 0. The molecule has 0 amide bonds. The Morgan fingerprint density at radius 3 is 1.33 bits per heavy atom. The summed E-state index contributed by atoms with van der Waals surface area (Å²) in [6.07, 6.45) is 49.5. The fourth-order valence-electron chi connectivity index (χ4n) is 7.69. The van der Waals surface area contributed by atoms with E-state index in [9.17, 15) is 19.8 Å². The highest BCUT2D eigenvalue weighted by atomic mass is 16.4. The molecule has 4 nitrogen and oxygen atoms in total. The van der Waals surface area contributed by atoms with E-state index < -0.39 is 23.3 Å². The van der Waals surface area contributed by atoms with E-state index in [4.69, 9.17) is 0 Å². The first-order valence-corrected chi connectivity index (χ1v) is 20.9. The zero-order chi connectivity index (χ0) is 35.0. The number of carboxylic acids is 2. The summed E-state index contributed by atoms with van der Waals surface area (Å²) in [4.78, 5) is 25.1. The Balaban J connectivity index is 2.23. The average Bonchev–Trinajstić information content (AvgIpc) is 3.07. The first kappa shape index (κ1) is 44.2. The van der Waals surface area contributed by atoms with Crippen LogP contribution >= 0.6 is 0 Å². The van der Waals surface area contributed by atoms with Crippen LogP contribution < -0.4 is 0 Å². The molecule has 0 bridgehead atoms. The van der Waals surface area contributed by atoms with Crippen LogP contribution in [0.5, 0.6) is 0 Å². The normalized spacial score (nSPS) is 19.5. The minimum absolute atomic E-state index is 0.0884. The van der Waals surface area contributed by atoms with Crippen molar-refractivity contribution in [2.24, 2.45) is 17.3 Å². The Morgan fingerprint density at radius 1 is 0.562 bits per heavy atom. The first-order valence-electron chi connectivity index (χ1n) is 20.9. The van der Waals surface area contributed by atoms with Gasteiger partial charge in [-0.3, -0.25) is 9.59 Å². The molecule has 0 spiro atoms. The van der Waals surface area contributed by atoms with Gasteiger partial charge in [0.15, 0.2) is 0 Å². The zero-order valence-electron chi connectivity index (χ0n) is 31.8. The largest absolute Gasteiger partial charge is 0.481 e. The third-order valence-electron chi connectivity index (χ3n) is 10.7. The molecule has 0 radical (unpaired) electrons. The van der Waals surface area contributed by atoms with Crippen molar-refractivity contribution in [3.63, 3.8) is 0 Å². The van der Waals surface area contributed by atoms with Gasteiger partial charge in [0, 0.05) is 0 Å². The van der Waals surface area contributed by atoms with Crippen molar-refractivity contribution in [2.45, 2.75) is 213 Å². The Morgan fingerprint density at radius 2 is 0.938 bits per heavy atom. The first-order chi connectivity index (χ1) is 23.5. The van der Waals surface area contributed by atoms with Crippen LogP contribution in [-0.4, -0.2) is 22.2 Å². The number of rotatable bonds is 34. The number of hydrogen-bond donors (Lipinski definition) is 2. The van der Waals surface area contributed by atoms with Gasteiger partial charge in [0.2, 0.25) is 0 Å². The van der Waals surface area contributed by atoms with E-state index in [1.165, 1.54) is 141 Å². The van der Waals surface area contributed by atoms with Gasteiger partial charge in [-0.25, -0.2) is 0 Å². The lowest BCUT2D eigenvalue weighted by molar-refractivity contribution is -0.163. The molecule has 0 saturated carbocycles. The minimum atomic E-state index is -1.27. The van der Waals surface area contributed by atoms with Gasteiger partial charge in [0.1, 0.15) is 0 Å². The van der Waals surface area contributed by atoms with Crippen LogP contribution in [0.15, 0.2) is 36.5 Å². The summed E-state index contributed by atoms with van der Waals surface area (Å²) in [7, 11) is 0. The van der Waals surface area contributed by atoms with Crippen LogP contribution in [0.25, 0.3) is 0 Å². The van der Waals surface area contributed by atoms with Crippen LogP contribution in [0.3, 0.4) is 0 Å². The van der Waals surface area contributed by atoms with Gasteiger partial charge in [-0.05, 0) is 76.5 Å². The van der Waals surface area contributed by atoms with E-state index in [1.807, 2.05) is 6.08 Å². The van der Waals surface area contributed by atoms with Crippen molar-refractivity contribution < 1.29 is 19.8 Å². The molecule has 3 atom stereocenters. The number of carbonyl (C=O) groups is 2. The van der Waals surface area contributed by atoms with E-state index in [1.54, 1.807) is 6.08 Å². The highest BCUT2D eigenvalue weighted by Crippen LogP contribution is 2.46. The predicted octanol–water partition coefficient (Wildman–Crippen LogP) is 14.2. The molecule has 3 unspecified atom stereocenters. The Bertz CT molecular complexity index is 858. The molecular formula is C44H78O4. The molecule has 1 aliphatic carbocycles. The highest BCUT2D eigenvalue weighted by Gasteiger charge is 2.51. The molecule has 278 valence electrons. The number of aliphatic carboxylic acids is 2. The summed E-state index contributed by atoms with van der Waals surface area (Å²) in [5.74, 6) is -2.80. The quantitative estimate of drug-likeness (QED) is 0.0528. The van der Waals surface area contributed by atoms with Gasteiger partial charge in [-0.15, -0.1) is 0 Å². The molecule has 0 aliphatic heterocycles. The lowest BCUT2D eigenvalue weighted by atomic mass is 9.61. The van der Waals surface area contributed by atoms with Gasteiger partial charge in [-0.2, -0.15) is 0 Å². The van der Waals surface area contributed by atoms with Crippen molar-refractivity contribution in [1.29, 1.82) is 0 Å². The summed E-state index contributed by atoms with van der Waals surface area (Å²) in [5.41, 5.74) is -1.27. The monoisotopic (exact) mass is 671 g/mol. The fraction of sp³-hybridized carbons (Fsp3) is 0.818. The average molecular weight is 671 g/mol. The second-order valence-electron chi connectivity index (χ2n) is 15.0. The maximum absolute atomic E-state index is 12.6. The molecule has 0 aromatic rings. The molecular weight excluding hydrogens is 592 g/mol. The summed E-state index contributed by atoms with van der Waals surface area (Å²) < 4.78 is 0. The third-order valence-corrected chi connectivity index (χ3v) is 10.7. The fourth-order valence-corrected chi connectivity index (χ4v) is 7.69. The van der Waals surface area contributed by atoms with Crippen molar-refractivity contribution >= 4 is 11.9 Å². The van der Waals surface area contributed by atoms with E-state index >= 15 is 0 Å². The van der Waals surface area contributed by atoms with Crippen molar-refractivity contribution in [3.05, 3.63) is 36.5 Å². The number of carboxylic acid groups (broad SMARTS) is 2. The SMILES string of the molecule is CCCCCCCCC=CCCCCCCCCC1CC=CC(CCCCCCCCC=CCCCCCCCC)(C(=O)O)C1C(=O)O. The van der Waals surface area contributed by atoms with E-state index in [-0.39, 0.29) is 5.92 Å². The minimum Gasteiger partial charge on any atom is -0.481 e. The molecule has 0 fully saturated rings. The molecule has 2 N–H and O–H groups in total. The third kappa shape index (κ3) is 21.3. The Hall–Kier alpha value is -1.84. The lowest BCUT2D eigenvalue weighted by Crippen LogP contribution is -2.47. The number of allylic oxidation sites excluding steroid dienone is 5. The molecule has 4 heteroatoms. The molecule has 1 aliphatic rings. The van der Waals surface area contributed by atoms with Gasteiger partial charge >= 0.3 is 11.9 Å². The smallest absolute Gasteiger partial charge is 0.314 e. The molecule has 0 aromatic carbocycles. The second kappa shape index (κ2) is 31.2. The summed E-state index contributed by atoms with van der Waals surface area (Å²) in [6.45, 7) is 4.53. The number of hydrogen-bond acceptors (Lipinski definition) is 2. The van der Waals surface area contributed by atoms with E-state index in [2.05, 4.69) is 38.2 Å². The van der Waals surface area contributed by atoms with E-state index in [0.717, 1.165) is 44.9 Å². The van der Waals surface area contributed by atoms with Crippen LogP contribution in [0.4, 0.5) is 0 Å². The Labute approximate surface area is 297 Å². The van der Waals surface area contributed by atoms with Crippen LogP contribution in [0.2, 0.25) is 0 Å². The summed E-state index contributed by atoms with van der Waals surface area (Å²) in [5, 5.41) is 20.6. The highest BCUT2D eigenvalue weighted by molar-refractivity contribution is 5.86. The predicted molar refractivity (Wildman–Crippen MR) is 207 cm³/mol. The van der Waals surface area contributed by atoms with Crippen molar-refractivity contribution in [2.75, 3.05) is 0 Å². The molecule has 48 heavy (non-hydrogen) atoms. The van der Waals surface area contributed by atoms with Gasteiger partial charge < -0.3 is 10.2 Å². The molecule has 0 heterocycles. The maximum atomic E-state index is 12.6.